The van der Waals surface area contributed by atoms with Gasteiger partial charge in [-0.05, 0) is 54.0 Å². The molecule has 0 saturated heterocycles. The number of benzene rings is 3. The molecule has 0 aliphatic heterocycles. The number of rotatable bonds is 9. The van der Waals surface area contributed by atoms with E-state index in [1.165, 1.54) is 27.8 Å². The van der Waals surface area contributed by atoms with E-state index in [1.54, 1.807) is 0 Å². The maximum atomic E-state index is 6.20. The standard InChI is InChI=1S/C30H31NO2/c1-22-16-30(31-29-15-9-8-14-26(22)29)27-17-25(20-32-18-23-10-4-2-5-11-23)28(27)21-33-19-24-12-6-3-7-13-24/h2-16,25,27-28H,17-21H2,1H3/t25-,27?,28-/m1/s1. The summed E-state index contributed by atoms with van der Waals surface area (Å²) in [5.74, 6) is 1.31. The van der Waals surface area contributed by atoms with Gasteiger partial charge in [-0.2, -0.15) is 0 Å². The van der Waals surface area contributed by atoms with Crippen LogP contribution in [0, 0.1) is 18.8 Å². The van der Waals surface area contributed by atoms with Crippen LogP contribution in [0.4, 0.5) is 0 Å². The van der Waals surface area contributed by atoms with Crippen molar-refractivity contribution in [2.75, 3.05) is 13.2 Å². The normalized spacial score (nSPS) is 20.0. The molecule has 1 aliphatic carbocycles. The summed E-state index contributed by atoms with van der Waals surface area (Å²) < 4.78 is 12.3. The summed E-state index contributed by atoms with van der Waals surface area (Å²) in [6.07, 6.45) is 1.10. The van der Waals surface area contributed by atoms with E-state index < -0.39 is 0 Å². The molecule has 0 N–H and O–H groups in total. The second kappa shape index (κ2) is 10.3. The lowest BCUT2D eigenvalue weighted by Crippen LogP contribution is -2.41. The molecule has 3 nitrogen and oxygen atoms in total. The Balaban J connectivity index is 1.27. The summed E-state index contributed by atoms with van der Waals surface area (Å²) in [4.78, 5) is 5.04. The summed E-state index contributed by atoms with van der Waals surface area (Å²) >= 11 is 0. The molecule has 33 heavy (non-hydrogen) atoms. The molecule has 0 radical (unpaired) electrons. The van der Waals surface area contributed by atoms with E-state index in [0.29, 0.717) is 31.0 Å². The third-order valence-corrected chi connectivity index (χ3v) is 6.87. The lowest BCUT2D eigenvalue weighted by molar-refractivity contribution is -0.0393. The van der Waals surface area contributed by atoms with Crippen LogP contribution in [0.3, 0.4) is 0 Å². The Morgan fingerprint density at radius 1 is 0.758 bits per heavy atom. The van der Waals surface area contributed by atoms with E-state index in [1.807, 2.05) is 12.1 Å². The Labute approximate surface area is 196 Å². The zero-order chi connectivity index (χ0) is 22.5. The van der Waals surface area contributed by atoms with Crippen molar-refractivity contribution in [1.29, 1.82) is 0 Å². The highest BCUT2D eigenvalue weighted by atomic mass is 16.5. The van der Waals surface area contributed by atoms with Crippen LogP contribution >= 0.6 is 0 Å². The molecule has 0 spiro atoms. The number of hydrogen-bond acceptors (Lipinski definition) is 3. The first-order chi connectivity index (χ1) is 16.3. The van der Waals surface area contributed by atoms with Crippen molar-refractivity contribution in [3.8, 4) is 0 Å². The minimum atomic E-state index is 0.411. The topological polar surface area (TPSA) is 31.4 Å². The lowest BCUT2D eigenvalue weighted by Gasteiger charge is -2.44. The van der Waals surface area contributed by atoms with E-state index in [4.69, 9.17) is 14.5 Å². The van der Waals surface area contributed by atoms with Gasteiger partial charge in [-0.3, -0.25) is 4.98 Å². The van der Waals surface area contributed by atoms with Gasteiger partial charge >= 0.3 is 0 Å². The van der Waals surface area contributed by atoms with Crippen molar-refractivity contribution in [1.82, 2.24) is 4.98 Å². The van der Waals surface area contributed by atoms with Gasteiger partial charge in [-0.1, -0.05) is 78.9 Å². The predicted octanol–water partition coefficient (Wildman–Crippen LogP) is 6.70. The molecule has 3 atom stereocenters. The number of aromatic nitrogens is 1. The molecule has 4 aromatic rings. The number of para-hydroxylation sites is 1. The summed E-state index contributed by atoms with van der Waals surface area (Å²) in [6.45, 7) is 4.98. The van der Waals surface area contributed by atoms with Gasteiger partial charge in [0, 0.05) is 17.0 Å². The molecule has 3 aromatic carbocycles. The second-order valence-corrected chi connectivity index (χ2v) is 9.15. The molecule has 1 aromatic heterocycles. The van der Waals surface area contributed by atoms with Crippen molar-refractivity contribution < 1.29 is 9.47 Å². The highest BCUT2D eigenvalue weighted by Crippen LogP contribution is 2.47. The van der Waals surface area contributed by atoms with Crippen LogP contribution in [0.5, 0.6) is 0 Å². The van der Waals surface area contributed by atoms with Crippen LogP contribution in [0.15, 0.2) is 91.0 Å². The highest BCUT2D eigenvalue weighted by molar-refractivity contribution is 5.82. The molecular weight excluding hydrogens is 406 g/mol. The zero-order valence-electron chi connectivity index (χ0n) is 19.2. The third kappa shape index (κ3) is 5.16. The van der Waals surface area contributed by atoms with E-state index in [0.717, 1.165) is 25.2 Å². The molecule has 3 heteroatoms. The minimum absolute atomic E-state index is 0.411. The van der Waals surface area contributed by atoms with Crippen molar-refractivity contribution >= 4 is 10.9 Å². The first-order valence-corrected chi connectivity index (χ1v) is 11.9. The smallest absolute Gasteiger partial charge is 0.0717 e. The quantitative estimate of drug-likeness (QED) is 0.292. The SMILES string of the molecule is Cc1cc(C2C[C@H](COCc3ccccc3)[C@H]2COCc2ccccc2)nc2ccccc12. The number of hydrogen-bond donors (Lipinski definition) is 0. The van der Waals surface area contributed by atoms with Gasteiger partial charge in [-0.15, -0.1) is 0 Å². The Bertz CT molecular complexity index is 1180. The summed E-state index contributed by atoms with van der Waals surface area (Å²) in [5.41, 5.74) is 6.00. The molecule has 5 rings (SSSR count). The van der Waals surface area contributed by atoms with Crippen LogP contribution in [-0.4, -0.2) is 18.2 Å². The monoisotopic (exact) mass is 437 g/mol. The molecule has 1 fully saturated rings. The average molecular weight is 438 g/mol. The van der Waals surface area contributed by atoms with Gasteiger partial charge in [0.2, 0.25) is 0 Å². The number of pyridine rings is 1. The third-order valence-electron chi connectivity index (χ3n) is 6.87. The van der Waals surface area contributed by atoms with Crippen molar-refractivity contribution in [3.63, 3.8) is 0 Å². The van der Waals surface area contributed by atoms with Crippen LogP contribution in [0.2, 0.25) is 0 Å². The summed E-state index contributed by atoms with van der Waals surface area (Å²) in [6, 6.07) is 31.5. The summed E-state index contributed by atoms with van der Waals surface area (Å²) in [5, 5.41) is 1.24. The molecule has 1 unspecified atom stereocenters. The summed E-state index contributed by atoms with van der Waals surface area (Å²) in [7, 11) is 0. The van der Waals surface area contributed by atoms with E-state index in [2.05, 4.69) is 85.8 Å². The van der Waals surface area contributed by atoms with Gasteiger partial charge in [-0.25, -0.2) is 0 Å². The van der Waals surface area contributed by atoms with E-state index in [9.17, 15) is 0 Å². The zero-order valence-corrected chi connectivity index (χ0v) is 19.2. The molecule has 1 heterocycles. The number of ether oxygens (including phenoxy) is 2. The number of fused-ring (bicyclic) bond motifs is 1. The van der Waals surface area contributed by atoms with E-state index >= 15 is 0 Å². The highest BCUT2D eigenvalue weighted by Gasteiger charge is 2.42. The average Bonchev–Trinajstić information content (AvgIpc) is 2.85. The van der Waals surface area contributed by atoms with Gasteiger partial charge in [0.05, 0.1) is 31.9 Å². The molecule has 168 valence electrons. The van der Waals surface area contributed by atoms with Crippen molar-refractivity contribution in [2.24, 2.45) is 11.8 Å². The second-order valence-electron chi connectivity index (χ2n) is 9.15. The van der Waals surface area contributed by atoms with Gasteiger partial charge < -0.3 is 9.47 Å². The van der Waals surface area contributed by atoms with Crippen LogP contribution in [0.25, 0.3) is 10.9 Å². The number of aryl methyl sites for hydroxylation is 1. The minimum Gasteiger partial charge on any atom is -0.376 e. The first-order valence-electron chi connectivity index (χ1n) is 11.9. The maximum absolute atomic E-state index is 6.20. The van der Waals surface area contributed by atoms with Crippen LogP contribution < -0.4 is 0 Å². The Morgan fingerprint density at radius 3 is 2.06 bits per heavy atom. The molecule has 1 aliphatic rings. The van der Waals surface area contributed by atoms with Crippen LogP contribution in [-0.2, 0) is 22.7 Å². The Kier molecular flexibility index (Phi) is 6.80. The van der Waals surface area contributed by atoms with Gasteiger partial charge in [0.1, 0.15) is 0 Å². The van der Waals surface area contributed by atoms with Gasteiger partial charge in [0.15, 0.2) is 0 Å². The maximum Gasteiger partial charge on any atom is 0.0717 e. The fraction of sp³-hybridized carbons (Fsp3) is 0.300. The van der Waals surface area contributed by atoms with E-state index in [-0.39, 0.29) is 0 Å². The predicted molar refractivity (Wildman–Crippen MR) is 133 cm³/mol. The largest absolute Gasteiger partial charge is 0.376 e. The van der Waals surface area contributed by atoms with Crippen molar-refractivity contribution in [3.05, 3.63) is 113 Å². The van der Waals surface area contributed by atoms with Crippen LogP contribution in [0.1, 0.15) is 34.7 Å². The fourth-order valence-electron chi connectivity index (χ4n) is 4.95. The Hall–Kier alpha value is -3.01. The first kappa shape index (κ1) is 21.8. The van der Waals surface area contributed by atoms with Crippen molar-refractivity contribution in [2.45, 2.75) is 32.5 Å². The molecule has 0 bridgehead atoms. The van der Waals surface area contributed by atoms with Gasteiger partial charge in [0.25, 0.3) is 0 Å². The number of nitrogens with zero attached hydrogens (tertiary/aromatic N) is 1. The fourth-order valence-corrected chi connectivity index (χ4v) is 4.95. The molecular formula is C30H31NO2. The molecule has 1 saturated carbocycles. The lowest BCUT2D eigenvalue weighted by atomic mass is 9.63. The Morgan fingerprint density at radius 2 is 1.36 bits per heavy atom. The molecule has 0 amide bonds.